The lowest BCUT2D eigenvalue weighted by atomic mass is 9.70. The summed E-state index contributed by atoms with van der Waals surface area (Å²) in [5.41, 5.74) is 0.408. The van der Waals surface area contributed by atoms with Crippen molar-refractivity contribution in [3.05, 3.63) is 97.1 Å². The monoisotopic (exact) mass is 749 g/mol. The molecule has 3 heterocycles. The van der Waals surface area contributed by atoms with Crippen LogP contribution in [0.25, 0.3) is 0 Å². The number of alkyl halides is 1. The molecule has 3 aliphatic heterocycles. The fraction of sp³-hybridized carbons (Fsp3) is 0.487. The second kappa shape index (κ2) is 17.4. The molecule has 7 atom stereocenters. The number of benzene rings is 2. The maximum Gasteiger partial charge on any atom is 0.313 e. The van der Waals surface area contributed by atoms with Crippen molar-refractivity contribution in [2.45, 2.75) is 80.2 Å². The number of hydrogen-bond acceptors (Lipinski definition) is 7. The minimum Gasteiger partial charge on any atom is -0.455 e. The summed E-state index contributed by atoms with van der Waals surface area (Å²) < 4.78 is 12.9. The van der Waals surface area contributed by atoms with E-state index in [0.29, 0.717) is 44.3 Å². The van der Waals surface area contributed by atoms with Crippen LogP contribution in [0.2, 0.25) is 0 Å². The Balaban J connectivity index is 1.44. The van der Waals surface area contributed by atoms with Crippen molar-refractivity contribution in [3.8, 4) is 0 Å². The topological polar surface area (TPSA) is 125 Å². The number of nitrogens with zero attached hydrogens (tertiary/aromatic N) is 2. The molecule has 3 aliphatic rings. The molecule has 3 amide bonds. The highest BCUT2D eigenvalue weighted by Gasteiger charge is 2.77. The standard InChI is InChI=1S/C39H48BrN3O7/c1-3-5-20-31(45)41-25-30(28-18-12-9-13-19-28)49-38(48)32-33-36(46)43(22-14-6-7-15-23-44)35(39(33)24-29(40)34(32)50-39)37(47)42(21-4-2)26-27-16-10-8-11-17-27/h3-4,8-13,16-19,29-30,32-35,44H,1-2,5-7,14-15,20-26H2,(H,41,45)/t29?,30-,32-,33+,34-,35-,39+/m0/s1. The van der Waals surface area contributed by atoms with E-state index in [4.69, 9.17) is 9.47 Å². The zero-order valence-corrected chi connectivity index (χ0v) is 30.0. The number of carbonyl (C=O) groups is 4. The Bertz CT molecular complexity index is 1510. The number of allylic oxidation sites excluding steroid dienone is 1. The summed E-state index contributed by atoms with van der Waals surface area (Å²) in [6, 6.07) is 17.9. The van der Waals surface area contributed by atoms with Crippen molar-refractivity contribution >= 4 is 39.6 Å². The molecule has 0 radical (unpaired) electrons. The Morgan fingerprint density at radius 1 is 1.06 bits per heavy atom. The van der Waals surface area contributed by atoms with Crippen LogP contribution in [0, 0.1) is 11.8 Å². The molecule has 2 bridgehead atoms. The van der Waals surface area contributed by atoms with Gasteiger partial charge in [0.1, 0.15) is 17.7 Å². The molecule has 0 aliphatic carbocycles. The van der Waals surface area contributed by atoms with Gasteiger partial charge in [0.25, 0.3) is 0 Å². The summed E-state index contributed by atoms with van der Waals surface area (Å²) >= 11 is 3.75. The molecule has 268 valence electrons. The van der Waals surface area contributed by atoms with E-state index in [1.54, 1.807) is 22.0 Å². The first kappa shape index (κ1) is 37.5. The molecule has 3 fully saturated rings. The van der Waals surface area contributed by atoms with Gasteiger partial charge in [0.05, 0.1) is 24.5 Å². The first-order valence-corrected chi connectivity index (χ1v) is 18.5. The number of fused-ring (bicyclic) bond motifs is 1. The third-order valence-electron chi connectivity index (χ3n) is 9.97. The van der Waals surface area contributed by atoms with Crippen LogP contribution in [0.1, 0.15) is 62.2 Å². The quantitative estimate of drug-likeness (QED) is 0.0909. The number of rotatable bonds is 19. The van der Waals surface area contributed by atoms with Crippen LogP contribution in [0.4, 0.5) is 0 Å². The van der Waals surface area contributed by atoms with Crippen molar-refractivity contribution in [3.63, 3.8) is 0 Å². The highest BCUT2D eigenvalue weighted by atomic mass is 79.9. The second-order valence-electron chi connectivity index (χ2n) is 13.3. The third kappa shape index (κ3) is 8.05. The van der Waals surface area contributed by atoms with E-state index in [9.17, 15) is 24.3 Å². The van der Waals surface area contributed by atoms with Gasteiger partial charge in [-0.05, 0) is 36.8 Å². The average Bonchev–Trinajstić information content (AvgIpc) is 3.72. The van der Waals surface area contributed by atoms with Gasteiger partial charge in [0.15, 0.2) is 0 Å². The minimum absolute atomic E-state index is 0.0581. The zero-order chi connectivity index (χ0) is 35.7. The van der Waals surface area contributed by atoms with E-state index in [2.05, 4.69) is 34.4 Å². The van der Waals surface area contributed by atoms with E-state index in [0.717, 1.165) is 18.4 Å². The summed E-state index contributed by atoms with van der Waals surface area (Å²) in [5, 5.41) is 12.1. The van der Waals surface area contributed by atoms with Crippen LogP contribution >= 0.6 is 15.9 Å². The van der Waals surface area contributed by atoms with Crippen molar-refractivity contribution < 1.29 is 33.8 Å². The van der Waals surface area contributed by atoms with E-state index >= 15 is 0 Å². The van der Waals surface area contributed by atoms with Gasteiger partial charge in [-0.2, -0.15) is 0 Å². The number of esters is 1. The molecule has 50 heavy (non-hydrogen) atoms. The van der Waals surface area contributed by atoms with E-state index < -0.39 is 41.7 Å². The lowest BCUT2D eigenvalue weighted by Crippen LogP contribution is -2.56. The fourth-order valence-corrected chi connectivity index (χ4v) is 8.62. The molecule has 1 spiro atoms. The summed E-state index contributed by atoms with van der Waals surface area (Å²) in [6.45, 7) is 8.63. The number of aliphatic hydroxyl groups excluding tert-OH is 1. The van der Waals surface area contributed by atoms with Crippen molar-refractivity contribution in [2.75, 3.05) is 26.2 Å². The number of likely N-dealkylation sites (tertiary alicyclic amines) is 1. The largest absolute Gasteiger partial charge is 0.455 e. The maximum absolute atomic E-state index is 14.7. The maximum atomic E-state index is 14.7. The van der Waals surface area contributed by atoms with Gasteiger partial charge >= 0.3 is 5.97 Å². The normalized spacial score (nSPS) is 25.5. The Morgan fingerprint density at radius 3 is 2.44 bits per heavy atom. The van der Waals surface area contributed by atoms with Crippen LogP contribution in [-0.4, -0.2) is 87.4 Å². The van der Waals surface area contributed by atoms with Gasteiger partial charge in [0.2, 0.25) is 17.7 Å². The highest BCUT2D eigenvalue weighted by Crippen LogP contribution is 2.60. The smallest absolute Gasteiger partial charge is 0.313 e. The number of amides is 3. The van der Waals surface area contributed by atoms with E-state index in [-0.39, 0.29) is 48.7 Å². The second-order valence-corrected chi connectivity index (χ2v) is 14.5. The van der Waals surface area contributed by atoms with E-state index in [1.807, 2.05) is 60.7 Å². The van der Waals surface area contributed by atoms with Gasteiger partial charge in [-0.3, -0.25) is 19.2 Å². The van der Waals surface area contributed by atoms with Crippen molar-refractivity contribution in [1.82, 2.24) is 15.1 Å². The molecular formula is C39H48BrN3O7. The molecule has 2 aromatic carbocycles. The minimum atomic E-state index is -1.24. The molecule has 10 nitrogen and oxygen atoms in total. The molecule has 2 N–H and O–H groups in total. The molecule has 1 unspecified atom stereocenters. The Kier molecular flexibility index (Phi) is 13.0. The number of nitrogens with one attached hydrogen (secondary N) is 1. The van der Waals surface area contributed by atoms with Crippen LogP contribution in [0.15, 0.2) is 86.0 Å². The van der Waals surface area contributed by atoms with Crippen LogP contribution in [-0.2, 0) is 35.2 Å². The van der Waals surface area contributed by atoms with Gasteiger partial charge in [0, 0.05) is 37.5 Å². The Morgan fingerprint density at radius 2 is 1.76 bits per heavy atom. The lowest BCUT2D eigenvalue weighted by molar-refractivity contribution is -0.160. The molecule has 0 aromatic heterocycles. The van der Waals surface area contributed by atoms with E-state index in [1.165, 1.54) is 0 Å². The Hall–Kier alpha value is -3.80. The zero-order valence-electron chi connectivity index (χ0n) is 28.5. The van der Waals surface area contributed by atoms with Crippen molar-refractivity contribution in [1.29, 1.82) is 0 Å². The van der Waals surface area contributed by atoms with Gasteiger partial charge in [-0.25, -0.2) is 0 Å². The Labute approximate surface area is 303 Å². The van der Waals surface area contributed by atoms with Gasteiger partial charge < -0.3 is 29.7 Å². The number of halogens is 1. The summed E-state index contributed by atoms with van der Waals surface area (Å²) in [5.74, 6) is -3.20. The highest BCUT2D eigenvalue weighted by molar-refractivity contribution is 9.09. The van der Waals surface area contributed by atoms with Crippen LogP contribution in [0.3, 0.4) is 0 Å². The average molecular weight is 751 g/mol. The number of ether oxygens (including phenoxy) is 2. The lowest BCUT2D eigenvalue weighted by Gasteiger charge is -2.37. The molecule has 11 heteroatoms. The SMILES string of the molecule is C=CCCC(=O)NC[C@H](OC(=O)[C@@H]1[C@H]2O[C@@]3(CC2Br)[C@H](C(=O)N(CC=C)Cc2ccccc2)N(CCCCCCO)C(=O)[C@@H]13)c1ccccc1. The molecular weight excluding hydrogens is 702 g/mol. The van der Waals surface area contributed by atoms with Gasteiger partial charge in [-0.1, -0.05) is 102 Å². The predicted octanol–water partition coefficient (Wildman–Crippen LogP) is 4.87. The summed E-state index contributed by atoms with van der Waals surface area (Å²) in [7, 11) is 0. The molecule has 2 aromatic rings. The number of hydrogen-bond donors (Lipinski definition) is 2. The summed E-state index contributed by atoms with van der Waals surface area (Å²) in [6.07, 6.45) is 5.89. The first-order valence-electron chi connectivity index (χ1n) is 17.6. The molecule has 0 saturated carbocycles. The predicted molar refractivity (Wildman–Crippen MR) is 193 cm³/mol. The number of carbonyl (C=O) groups excluding carboxylic acids is 4. The first-order chi connectivity index (χ1) is 24.2. The van der Waals surface area contributed by atoms with Crippen LogP contribution < -0.4 is 5.32 Å². The summed E-state index contributed by atoms with van der Waals surface area (Å²) in [4.78, 5) is 59.1. The third-order valence-corrected chi connectivity index (χ3v) is 10.8. The van der Waals surface area contributed by atoms with Gasteiger partial charge in [-0.15, -0.1) is 13.2 Å². The molecule has 3 saturated heterocycles. The molecule has 5 rings (SSSR count). The fourth-order valence-electron chi connectivity index (χ4n) is 7.67. The number of aliphatic hydroxyl groups is 1. The number of unbranched alkanes of at least 4 members (excludes halogenated alkanes) is 3. The van der Waals surface area contributed by atoms with Crippen LogP contribution in [0.5, 0.6) is 0 Å². The van der Waals surface area contributed by atoms with Crippen molar-refractivity contribution in [2.24, 2.45) is 11.8 Å².